The molecule has 1 aromatic rings. The summed E-state index contributed by atoms with van der Waals surface area (Å²) in [6.45, 7) is 2.95. The van der Waals surface area contributed by atoms with Gasteiger partial charge in [-0.1, -0.05) is 37.3 Å². The minimum Gasteiger partial charge on any atom is -0.481 e. The first kappa shape index (κ1) is 17.5. The molecule has 0 bridgehead atoms. The second-order valence-corrected chi connectivity index (χ2v) is 6.25. The molecule has 1 fully saturated rings. The summed E-state index contributed by atoms with van der Waals surface area (Å²) in [5.41, 5.74) is -0.00397. The van der Waals surface area contributed by atoms with Crippen molar-refractivity contribution in [3.8, 4) is 0 Å². The Morgan fingerprint density at radius 1 is 1.35 bits per heavy atom. The molecule has 2 rings (SSSR count). The van der Waals surface area contributed by atoms with E-state index in [1.807, 2.05) is 37.3 Å². The van der Waals surface area contributed by atoms with E-state index in [1.165, 1.54) is 7.11 Å². The van der Waals surface area contributed by atoms with E-state index in [0.717, 1.165) is 5.56 Å². The fourth-order valence-corrected chi connectivity index (χ4v) is 3.41. The zero-order chi connectivity index (χ0) is 16.9. The van der Waals surface area contributed by atoms with E-state index in [9.17, 15) is 14.7 Å². The number of piperidine rings is 1. The molecule has 1 saturated heterocycles. The molecule has 1 aromatic carbocycles. The summed E-state index contributed by atoms with van der Waals surface area (Å²) in [6, 6.07) is 9.68. The Balaban J connectivity index is 2.19. The number of hydrogen-bond donors (Lipinski definition) is 1. The number of carbonyl (C=O) groups is 2. The summed E-state index contributed by atoms with van der Waals surface area (Å²) >= 11 is 0. The molecule has 2 atom stereocenters. The van der Waals surface area contributed by atoms with E-state index in [0.29, 0.717) is 25.8 Å². The predicted molar refractivity (Wildman–Crippen MR) is 87.2 cm³/mol. The summed E-state index contributed by atoms with van der Waals surface area (Å²) in [5, 5.41) is 9.61. The van der Waals surface area contributed by atoms with Gasteiger partial charge in [-0.25, -0.2) is 0 Å². The number of carbonyl (C=O) groups excluding carboxylic acids is 1. The van der Waals surface area contributed by atoms with Crippen LogP contribution in [0.3, 0.4) is 0 Å². The minimum atomic E-state index is -0.988. The third-order valence-corrected chi connectivity index (χ3v) is 4.67. The Morgan fingerprint density at radius 3 is 2.61 bits per heavy atom. The van der Waals surface area contributed by atoms with E-state index in [4.69, 9.17) is 4.74 Å². The first-order chi connectivity index (χ1) is 11.0. The molecule has 1 aliphatic heterocycles. The van der Waals surface area contributed by atoms with Gasteiger partial charge < -0.3 is 14.7 Å². The van der Waals surface area contributed by atoms with Crippen LogP contribution in [0.25, 0.3) is 0 Å². The topological polar surface area (TPSA) is 66.8 Å². The third kappa shape index (κ3) is 3.72. The predicted octanol–water partition coefficient (Wildman–Crippen LogP) is 2.52. The second-order valence-electron chi connectivity index (χ2n) is 6.25. The molecule has 2 unspecified atom stereocenters. The smallest absolute Gasteiger partial charge is 0.313 e. The van der Waals surface area contributed by atoms with Crippen LogP contribution < -0.4 is 0 Å². The molecular weight excluding hydrogens is 294 g/mol. The van der Waals surface area contributed by atoms with Crippen LogP contribution in [0.5, 0.6) is 0 Å². The monoisotopic (exact) mass is 319 g/mol. The SMILES string of the molecule is CCC(C(=O)N1CCCC(COC)(C(=O)O)C1)c1ccccc1. The fourth-order valence-electron chi connectivity index (χ4n) is 3.41. The number of methoxy groups -OCH3 is 1. The van der Waals surface area contributed by atoms with Crippen molar-refractivity contribution in [2.45, 2.75) is 32.1 Å². The van der Waals surface area contributed by atoms with Gasteiger partial charge in [-0.15, -0.1) is 0 Å². The van der Waals surface area contributed by atoms with Crippen LogP contribution in [-0.4, -0.2) is 48.7 Å². The highest BCUT2D eigenvalue weighted by atomic mass is 16.5. The van der Waals surface area contributed by atoms with Crippen molar-refractivity contribution in [3.63, 3.8) is 0 Å². The van der Waals surface area contributed by atoms with Crippen molar-refractivity contribution in [1.29, 1.82) is 0 Å². The first-order valence-electron chi connectivity index (χ1n) is 8.10. The molecule has 0 spiro atoms. The van der Waals surface area contributed by atoms with Crippen LogP contribution in [0, 0.1) is 5.41 Å². The zero-order valence-corrected chi connectivity index (χ0v) is 13.8. The van der Waals surface area contributed by atoms with Gasteiger partial charge in [0.05, 0.1) is 12.5 Å². The third-order valence-electron chi connectivity index (χ3n) is 4.67. The van der Waals surface area contributed by atoms with E-state index in [2.05, 4.69) is 0 Å². The van der Waals surface area contributed by atoms with E-state index >= 15 is 0 Å². The lowest BCUT2D eigenvalue weighted by Gasteiger charge is -2.40. The van der Waals surface area contributed by atoms with E-state index in [-0.39, 0.29) is 25.0 Å². The van der Waals surface area contributed by atoms with Crippen molar-refractivity contribution in [2.75, 3.05) is 26.8 Å². The summed E-state index contributed by atoms with van der Waals surface area (Å²) in [6.07, 6.45) is 1.93. The van der Waals surface area contributed by atoms with E-state index in [1.54, 1.807) is 4.90 Å². The van der Waals surface area contributed by atoms with Crippen LogP contribution in [-0.2, 0) is 14.3 Å². The van der Waals surface area contributed by atoms with Gasteiger partial charge in [-0.2, -0.15) is 0 Å². The Kier molecular flexibility index (Phi) is 5.77. The van der Waals surface area contributed by atoms with Crippen molar-refractivity contribution < 1.29 is 19.4 Å². The molecule has 126 valence electrons. The van der Waals surface area contributed by atoms with Gasteiger partial charge in [0.25, 0.3) is 0 Å². The van der Waals surface area contributed by atoms with Crippen molar-refractivity contribution in [1.82, 2.24) is 4.90 Å². The number of carboxylic acid groups (broad SMARTS) is 1. The minimum absolute atomic E-state index is 0.0140. The highest BCUT2D eigenvalue weighted by molar-refractivity contribution is 5.85. The molecule has 1 heterocycles. The van der Waals surface area contributed by atoms with Crippen LogP contribution in [0.2, 0.25) is 0 Å². The van der Waals surface area contributed by atoms with Crippen LogP contribution in [0.15, 0.2) is 30.3 Å². The van der Waals surface area contributed by atoms with Crippen molar-refractivity contribution >= 4 is 11.9 Å². The number of hydrogen-bond acceptors (Lipinski definition) is 3. The molecular formula is C18H25NO4. The Bertz CT molecular complexity index is 541. The van der Waals surface area contributed by atoms with Gasteiger partial charge >= 0.3 is 5.97 Å². The fraction of sp³-hybridized carbons (Fsp3) is 0.556. The van der Waals surface area contributed by atoms with Gasteiger partial charge in [0.1, 0.15) is 5.41 Å². The maximum absolute atomic E-state index is 12.9. The van der Waals surface area contributed by atoms with Crippen molar-refractivity contribution in [3.05, 3.63) is 35.9 Å². The van der Waals surface area contributed by atoms with Gasteiger partial charge in [-0.3, -0.25) is 9.59 Å². The number of amides is 1. The average Bonchev–Trinajstić information content (AvgIpc) is 2.57. The summed E-state index contributed by atoms with van der Waals surface area (Å²) in [4.78, 5) is 26.4. The quantitative estimate of drug-likeness (QED) is 0.875. The van der Waals surface area contributed by atoms with Crippen molar-refractivity contribution in [2.24, 2.45) is 5.41 Å². The number of benzene rings is 1. The molecule has 5 nitrogen and oxygen atoms in total. The summed E-state index contributed by atoms with van der Waals surface area (Å²) in [5.74, 6) is -1.09. The molecule has 1 N–H and O–H groups in total. The largest absolute Gasteiger partial charge is 0.481 e. The van der Waals surface area contributed by atoms with Crippen LogP contribution >= 0.6 is 0 Å². The first-order valence-corrected chi connectivity index (χ1v) is 8.10. The highest BCUT2D eigenvalue weighted by Gasteiger charge is 2.44. The lowest BCUT2D eigenvalue weighted by Crippen LogP contribution is -2.53. The Labute approximate surface area is 137 Å². The maximum Gasteiger partial charge on any atom is 0.313 e. The zero-order valence-electron chi connectivity index (χ0n) is 13.8. The molecule has 0 aliphatic carbocycles. The van der Waals surface area contributed by atoms with Gasteiger partial charge in [-0.05, 0) is 24.8 Å². The summed E-state index contributed by atoms with van der Waals surface area (Å²) < 4.78 is 5.13. The number of nitrogens with zero attached hydrogens (tertiary/aromatic N) is 1. The molecule has 1 aliphatic rings. The standard InChI is InChI=1S/C18H25NO4/c1-3-15(14-8-5-4-6-9-14)16(20)19-11-7-10-18(12-19,13-23-2)17(21)22/h4-6,8-9,15H,3,7,10-13H2,1-2H3,(H,21,22). The lowest BCUT2D eigenvalue weighted by molar-refractivity contribution is -0.159. The molecule has 0 radical (unpaired) electrons. The highest BCUT2D eigenvalue weighted by Crippen LogP contribution is 2.33. The normalized spacial score (nSPS) is 22.6. The summed E-state index contributed by atoms with van der Waals surface area (Å²) in [7, 11) is 1.50. The molecule has 5 heteroatoms. The Hall–Kier alpha value is -1.88. The van der Waals surface area contributed by atoms with Crippen LogP contribution in [0.1, 0.15) is 37.7 Å². The van der Waals surface area contributed by atoms with E-state index < -0.39 is 11.4 Å². The Morgan fingerprint density at radius 2 is 2.04 bits per heavy atom. The number of carboxylic acids is 1. The van der Waals surface area contributed by atoms with Gasteiger partial charge in [0, 0.05) is 20.2 Å². The number of likely N-dealkylation sites (tertiary alicyclic amines) is 1. The number of ether oxygens (including phenoxy) is 1. The van der Waals surface area contributed by atoms with Crippen LogP contribution in [0.4, 0.5) is 0 Å². The van der Waals surface area contributed by atoms with Gasteiger partial charge in [0.2, 0.25) is 5.91 Å². The van der Waals surface area contributed by atoms with Gasteiger partial charge in [0.15, 0.2) is 0 Å². The number of rotatable bonds is 6. The second kappa shape index (κ2) is 7.59. The molecule has 0 saturated carbocycles. The lowest BCUT2D eigenvalue weighted by atomic mass is 9.80. The number of aliphatic carboxylic acids is 1. The average molecular weight is 319 g/mol. The molecule has 1 amide bonds. The molecule has 0 aromatic heterocycles. The molecule has 23 heavy (non-hydrogen) atoms. The maximum atomic E-state index is 12.9.